The van der Waals surface area contributed by atoms with Gasteiger partial charge in [0.05, 0.1) is 12.0 Å². The van der Waals surface area contributed by atoms with E-state index < -0.39 is 10.0 Å². The topological polar surface area (TPSA) is 55.4 Å². The van der Waals surface area contributed by atoms with E-state index in [4.69, 9.17) is 4.74 Å². The average Bonchev–Trinajstić information content (AvgIpc) is 2.28. The maximum Gasteiger partial charge on any atom is 0.240 e. The van der Waals surface area contributed by atoms with Gasteiger partial charge in [0, 0.05) is 6.04 Å². The lowest BCUT2D eigenvalue weighted by Gasteiger charge is -2.12. The molecule has 0 amide bonds. The Labute approximate surface area is 96.7 Å². The van der Waals surface area contributed by atoms with E-state index in [1.807, 2.05) is 13.8 Å². The summed E-state index contributed by atoms with van der Waals surface area (Å²) >= 11 is 0. The lowest BCUT2D eigenvalue weighted by Crippen LogP contribution is -2.31. The third-order valence-corrected chi connectivity index (χ3v) is 3.94. The van der Waals surface area contributed by atoms with Crippen LogP contribution in [-0.4, -0.2) is 21.6 Å². The Bertz CT molecular complexity index is 425. The molecule has 1 unspecified atom stereocenters. The van der Waals surface area contributed by atoms with Crippen LogP contribution in [0.4, 0.5) is 0 Å². The quantitative estimate of drug-likeness (QED) is 0.857. The molecule has 0 fully saturated rings. The third kappa shape index (κ3) is 3.21. The van der Waals surface area contributed by atoms with Gasteiger partial charge in [0.1, 0.15) is 5.75 Å². The number of benzene rings is 1. The first kappa shape index (κ1) is 13.0. The van der Waals surface area contributed by atoms with Crippen LogP contribution in [0.3, 0.4) is 0 Å². The first-order chi connectivity index (χ1) is 7.49. The van der Waals surface area contributed by atoms with Crippen LogP contribution in [-0.2, 0) is 10.0 Å². The Morgan fingerprint density at radius 3 is 2.31 bits per heavy atom. The molecule has 5 heteroatoms. The number of rotatable bonds is 5. The predicted molar refractivity (Wildman–Crippen MR) is 63.1 cm³/mol. The van der Waals surface area contributed by atoms with E-state index in [0.29, 0.717) is 5.75 Å². The van der Waals surface area contributed by atoms with Crippen LogP contribution in [0, 0.1) is 0 Å². The van der Waals surface area contributed by atoms with Gasteiger partial charge in [-0.1, -0.05) is 6.92 Å². The van der Waals surface area contributed by atoms with Crippen molar-refractivity contribution in [2.45, 2.75) is 31.2 Å². The fraction of sp³-hybridized carbons (Fsp3) is 0.455. The van der Waals surface area contributed by atoms with Crippen LogP contribution in [0.5, 0.6) is 5.75 Å². The van der Waals surface area contributed by atoms with Gasteiger partial charge in [0.25, 0.3) is 0 Å². The second kappa shape index (κ2) is 5.32. The number of sulfonamides is 1. The highest BCUT2D eigenvalue weighted by Crippen LogP contribution is 2.15. The molecule has 0 aliphatic rings. The zero-order chi connectivity index (χ0) is 12.2. The molecule has 0 saturated heterocycles. The van der Waals surface area contributed by atoms with Crippen LogP contribution in [0.1, 0.15) is 20.3 Å². The number of methoxy groups -OCH3 is 1. The van der Waals surface area contributed by atoms with Gasteiger partial charge in [0.15, 0.2) is 0 Å². The van der Waals surface area contributed by atoms with E-state index in [1.54, 1.807) is 19.2 Å². The maximum absolute atomic E-state index is 11.8. The second-order valence-corrected chi connectivity index (χ2v) is 5.32. The molecule has 0 aromatic heterocycles. The van der Waals surface area contributed by atoms with Crippen LogP contribution in [0.2, 0.25) is 0 Å². The van der Waals surface area contributed by atoms with Gasteiger partial charge in [-0.05, 0) is 37.6 Å². The van der Waals surface area contributed by atoms with E-state index in [-0.39, 0.29) is 10.9 Å². The SMILES string of the molecule is CCC(C)NS(=O)(=O)c1ccc(OC)cc1. The highest BCUT2D eigenvalue weighted by Gasteiger charge is 2.15. The monoisotopic (exact) mass is 243 g/mol. The maximum atomic E-state index is 11.8. The van der Waals surface area contributed by atoms with Crippen molar-refractivity contribution < 1.29 is 13.2 Å². The molecule has 0 spiro atoms. The Morgan fingerprint density at radius 2 is 1.88 bits per heavy atom. The predicted octanol–water partition coefficient (Wildman–Crippen LogP) is 1.77. The summed E-state index contributed by atoms with van der Waals surface area (Å²) in [6, 6.07) is 6.26. The molecule has 16 heavy (non-hydrogen) atoms. The molecule has 1 atom stereocenters. The van der Waals surface area contributed by atoms with Gasteiger partial charge in [-0.15, -0.1) is 0 Å². The average molecular weight is 243 g/mol. The van der Waals surface area contributed by atoms with E-state index in [1.165, 1.54) is 12.1 Å². The molecule has 4 nitrogen and oxygen atoms in total. The summed E-state index contributed by atoms with van der Waals surface area (Å²) in [6.45, 7) is 3.77. The van der Waals surface area contributed by atoms with Crippen molar-refractivity contribution >= 4 is 10.0 Å². The summed E-state index contributed by atoms with van der Waals surface area (Å²) in [6.07, 6.45) is 0.759. The Balaban J connectivity index is 2.90. The number of hydrogen-bond acceptors (Lipinski definition) is 3. The molecule has 0 aliphatic carbocycles. The molecule has 1 N–H and O–H groups in total. The molecular weight excluding hydrogens is 226 g/mol. The minimum atomic E-state index is -3.40. The molecule has 0 radical (unpaired) electrons. The van der Waals surface area contributed by atoms with Gasteiger partial charge in [-0.25, -0.2) is 13.1 Å². The molecule has 90 valence electrons. The Hall–Kier alpha value is -1.07. The zero-order valence-electron chi connectivity index (χ0n) is 9.73. The van der Waals surface area contributed by atoms with Gasteiger partial charge in [0.2, 0.25) is 10.0 Å². The van der Waals surface area contributed by atoms with Crippen molar-refractivity contribution in [1.82, 2.24) is 4.72 Å². The van der Waals surface area contributed by atoms with Crippen molar-refractivity contribution in [3.05, 3.63) is 24.3 Å². The minimum Gasteiger partial charge on any atom is -0.497 e. The van der Waals surface area contributed by atoms with E-state index in [0.717, 1.165) is 6.42 Å². The van der Waals surface area contributed by atoms with Gasteiger partial charge < -0.3 is 4.74 Å². The van der Waals surface area contributed by atoms with Crippen molar-refractivity contribution in [2.24, 2.45) is 0 Å². The smallest absolute Gasteiger partial charge is 0.240 e. The fourth-order valence-electron chi connectivity index (χ4n) is 1.17. The van der Waals surface area contributed by atoms with Gasteiger partial charge >= 0.3 is 0 Å². The van der Waals surface area contributed by atoms with E-state index in [2.05, 4.69) is 4.72 Å². The van der Waals surface area contributed by atoms with Crippen molar-refractivity contribution in [1.29, 1.82) is 0 Å². The van der Waals surface area contributed by atoms with Crippen LogP contribution < -0.4 is 9.46 Å². The summed E-state index contributed by atoms with van der Waals surface area (Å²) in [4.78, 5) is 0.258. The van der Waals surface area contributed by atoms with Crippen LogP contribution >= 0.6 is 0 Å². The van der Waals surface area contributed by atoms with Crippen LogP contribution in [0.15, 0.2) is 29.2 Å². The number of nitrogens with one attached hydrogen (secondary N) is 1. The highest BCUT2D eigenvalue weighted by molar-refractivity contribution is 7.89. The molecule has 0 saturated carbocycles. The number of hydrogen-bond donors (Lipinski definition) is 1. The molecule has 1 aromatic rings. The lowest BCUT2D eigenvalue weighted by molar-refractivity contribution is 0.414. The van der Waals surface area contributed by atoms with Crippen molar-refractivity contribution in [3.63, 3.8) is 0 Å². The summed E-state index contributed by atoms with van der Waals surface area (Å²) in [5, 5.41) is 0. The molecule has 0 bridgehead atoms. The summed E-state index contributed by atoms with van der Waals surface area (Å²) < 4.78 is 31.3. The van der Waals surface area contributed by atoms with E-state index >= 15 is 0 Å². The van der Waals surface area contributed by atoms with Crippen LogP contribution in [0.25, 0.3) is 0 Å². The first-order valence-electron chi connectivity index (χ1n) is 5.16. The largest absolute Gasteiger partial charge is 0.497 e. The van der Waals surface area contributed by atoms with Crippen molar-refractivity contribution in [3.8, 4) is 5.75 Å². The molecule has 0 heterocycles. The Kier molecular flexibility index (Phi) is 4.32. The summed E-state index contributed by atoms with van der Waals surface area (Å²) in [7, 11) is -1.86. The molecule has 1 rings (SSSR count). The van der Waals surface area contributed by atoms with E-state index in [9.17, 15) is 8.42 Å². The standard InChI is InChI=1S/C11H17NO3S/c1-4-9(2)12-16(13,14)11-7-5-10(15-3)6-8-11/h5-9,12H,4H2,1-3H3. The Morgan fingerprint density at radius 1 is 1.31 bits per heavy atom. The number of ether oxygens (including phenoxy) is 1. The van der Waals surface area contributed by atoms with Gasteiger partial charge in [-0.3, -0.25) is 0 Å². The highest BCUT2D eigenvalue weighted by atomic mass is 32.2. The van der Waals surface area contributed by atoms with Crippen molar-refractivity contribution in [2.75, 3.05) is 7.11 Å². The second-order valence-electron chi connectivity index (χ2n) is 3.61. The minimum absolute atomic E-state index is 0.0629. The zero-order valence-corrected chi connectivity index (χ0v) is 10.5. The molecule has 1 aromatic carbocycles. The molecule has 0 aliphatic heterocycles. The van der Waals surface area contributed by atoms with Gasteiger partial charge in [-0.2, -0.15) is 0 Å². The first-order valence-corrected chi connectivity index (χ1v) is 6.64. The summed E-state index contributed by atoms with van der Waals surface area (Å²) in [5.74, 6) is 0.641. The third-order valence-electron chi connectivity index (χ3n) is 2.34. The fourth-order valence-corrected chi connectivity index (χ4v) is 2.50. The lowest BCUT2D eigenvalue weighted by atomic mass is 10.3. The summed E-state index contributed by atoms with van der Waals surface area (Å²) in [5.41, 5.74) is 0. The normalized spacial score (nSPS) is 13.4. The molecular formula is C11H17NO3S.